The molecule has 1 aromatic carbocycles. The number of nitrogens with zero attached hydrogens (tertiary/aromatic N) is 3. The van der Waals surface area contributed by atoms with Crippen LogP contribution >= 0.6 is 23.3 Å². The minimum absolute atomic E-state index is 0.449. The number of benzene rings is 1. The molecule has 0 radical (unpaired) electrons. The first-order valence-electron chi connectivity index (χ1n) is 7.52. The predicted octanol–water partition coefficient (Wildman–Crippen LogP) is 3.56. The van der Waals surface area contributed by atoms with Crippen LogP contribution in [-0.2, 0) is 0 Å². The first kappa shape index (κ1) is 15.0. The number of anilines is 1. The maximum Gasteiger partial charge on any atom is 0.129 e. The van der Waals surface area contributed by atoms with Crippen LogP contribution in [-0.4, -0.2) is 33.9 Å². The normalized spacial score (nSPS) is 23.2. The van der Waals surface area contributed by atoms with E-state index in [4.69, 9.17) is 11.6 Å². The number of halogens is 1. The van der Waals surface area contributed by atoms with Gasteiger partial charge in [0.25, 0.3) is 0 Å². The Morgan fingerprint density at radius 3 is 2.95 bits per heavy atom. The lowest BCUT2D eigenvalue weighted by Crippen LogP contribution is -2.58. The van der Waals surface area contributed by atoms with E-state index in [-0.39, 0.29) is 0 Å². The highest BCUT2D eigenvalue weighted by atomic mass is 35.5. The van der Waals surface area contributed by atoms with Crippen molar-refractivity contribution in [3.05, 3.63) is 17.2 Å². The molecule has 21 heavy (non-hydrogen) atoms. The molecule has 0 saturated carbocycles. The highest BCUT2D eigenvalue weighted by Gasteiger charge is 2.31. The van der Waals surface area contributed by atoms with Crippen LogP contribution in [0.5, 0.6) is 0 Å². The molecule has 1 aliphatic heterocycles. The number of piperazine rings is 1. The summed E-state index contributed by atoms with van der Waals surface area (Å²) < 4.78 is 8.83. The van der Waals surface area contributed by atoms with E-state index in [9.17, 15) is 0 Å². The molecule has 2 aromatic rings. The lowest BCUT2D eigenvalue weighted by atomic mass is 9.97. The van der Waals surface area contributed by atoms with Crippen molar-refractivity contribution >= 4 is 40.0 Å². The maximum atomic E-state index is 6.52. The topological polar surface area (TPSA) is 41.0 Å². The van der Waals surface area contributed by atoms with Gasteiger partial charge in [-0.3, -0.25) is 0 Å². The third-order valence-corrected chi connectivity index (χ3v) is 5.21. The number of hydrogen-bond donors (Lipinski definition) is 1. The number of aromatic nitrogens is 2. The number of hydrogen-bond acceptors (Lipinski definition) is 5. The molecule has 1 N–H and O–H groups in total. The van der Waals surface area contributed by atoms with E-state index in [0.29, 0.717) is 18.0 Å². The van der Waals surface area contributed by atoms with Crippen molar-refractivity contribution in [1.82, 2.24) is 14.1 Å². The summed E-state index contributed by atoms with van der Waals surface area (Å²) in [6, 6.07) is 4.82. The second kappa shape index (κ2) is 6.07. The molecular formula is C15H21ClN4S. The average molecular weight is 325 g/mol. The molecule has 1 saturated heterocycles. The Balaban J connectivity index is 2.05. The molecule has 114 valence electrons. The van der Waals surface area contributed by atoms with Crippen molar-refractivity contribution in [3.8, 4) is 0 Å². The average Bonchev–Trinajstić information content (AvgIpc) is 2.95. The molecule has 0 spiro atoms. The van der Waals surface area contributed by atoms with Gasteiger partial charge in [0.2, 0.25) is 0 Å². The van der Waals surface area contributed by atoms with Crippen LogP contribution < -0.4 is 10.2 Å². The largest absolute Gasteiger partial charge is 0.363 e. The van der Waals surface area contributed by atoms with E-state index in [0.717, 1.165) is 41.3 Å². The third kappa shape index (κ3) is 2.74. The Bertz CT molecular complexity index is 627. The van der Waals surface area contributed by atoms with E-state index < -0.39 is 0 Å². The molecule has 2 unspecified atom stereocenters. The lowest BCUT2D eigenvalue weighted by Gasteiger charge is -2.43. The summed E-state index contributed by atoms with van der Waals surface area (Å²) in [4.78, 5) is 2.44. The molecular weight excluding hydrogens is 304 g/mol. The van der Waals surface area contributed by atoms with E-state index in [2.05, 4.69) is 39.7 Å². The van der Waals surface area contributed by atoms with Gasteiger partial charge in [-0.2, -0.15) is 8.75 Å². The maximum absolute atomic E-state index is 6.52. The summed E-state index contributed by atoms with van der Waals surface area (Å²) in [6.07, 6.45) is 1.09. The second-order valence-corrected chi connectivity index (χ2v) is 6.94. The minimum atomic E-state index is 0.449. The summed E-state index contributed by atoms with van der Waals surface area (Å²) in [5, 5.41) is 4.44. The van der Waals surface area contributed by atoms with Crippen LogP contribution in [0, 0.1) is 5.92 Å². The molecule has 0 bridgehead atoms. The van der Waals surface area contributed by atoms with Crippen molar-refractivity contribution in [1.29, 1.82) is 0 Å². The molecule has 1 aromatic heterocycles. The minimum Gasteiger partial charge on any atom is -0.363 e. The van der Waals surface area contributed by atoms with Gasteiger partial charge in [-0.25, -0.2) is 0 Å². The molecule has 3 rings (SSSR count). The molecule has 0 amide bonds. The van der Waals surface area contributed by atoms with Crippen molar-refractivity contribution in [2.75, 3.05) is 18.0 Å². The predicted molar refractivity (Wildman–Crippen MR) is 90.5 cm³/mol. The second-order valence-electron chi connectivity index (χ2n) is 6.00. The fourth-order valence-corrected chi connectivity index (χ4v) is 3.79. The molecule has 1 aliphatic rings. The number of fused-ring (bicyclic) bond motifs is 1. The van der Waals surface area contributed by atoms with Gasteiger partial charge in [0.15, 0.2) is 0 Å². The Morgan fingerprint density at radius 1 is 1.43 bits per heavy atom. The summed E-state index contributed by atoms with van der Waals surface area (Å²) >= 11 is 7.77. The summed E-state index contributed by atoms with van der Waals surface area (Å²) in [5.41, 5.74) is 2.94. The monoisotopic (exact) mass is 324 g/mol. The number of rotatable bonds is 3. The Kier molecular flexibility index (Phi) is 4.33. The lowest BCUT2D eigenvalue weighted by molar-refractivity contribution is 0.325. The molecule has 1 fully saturated rings. The van der Waals surface area contributed by atoms with Gasteiger partial charge < -0.3 is 10.2 Å². The Morgan fingerprint density at radius 2 is 2.24 bits per heavy atom. The van der Waals surface area contributed by atoms with Gasteiger partial charge in [-0.05, 0) is 24.5 Å². The molecule has 2 atom stereocenters. The van der Waals surface area contributed by atoms with Crippen molar-refractivity contribution < 1.29 is 0 Å². The van der Waals surface area contributed by atoms with Crippen molar-refractivity contribution in [3.63, 3.8) is 0 Å². The van der Waals surface area contributed by atoms with E-state index in [1.165, 1.54) is 11.7 Å². The Hall–Kier alpha value is -0.910. The first-order chi connectivity index (χ1) is 10.1. The van der Waals surface area contributed by atoms with Crippen molar-refractivity contribution in [2.24, 2.45) is 5.92 Å². The summed E-state index contributed by atoms with van der Waals surface area (Å²) in [5.74, 6) is 0.594. The highest BCUT2D eigenvalue weighted by Crippen LogP contribution is 2.36. The quantitative estimate of drug-likeness (QED) is 0.937. The van der Waals surface area contributed by atoms with Crippen LogP contribution in [0.25, 0.3) is 11.0 Å². The molecule has 6 heteroatoms. The van der Waals surface area contributed by atoms with E-state index >= 15 is 0 Å². The number of nitrogens with one attached hydrogen (secondary N) is 1. The van der Waals surface area contributed by atoms with Crippen LogP contribution in [0.3, 0.4) is 0 Å². The van der Waals surface area contributed by atoms with E-state index in [1.807, 2.05) is 12.1 Å². The van der Waals surface area contributed by atoms with Gasteiger partial charge >= 0.3 is 0 Å². The zero-order valence-corrected chi connectivity index (χ0v) is 14.2. The standard InChI is InChI=1S/C15H21ClN4S/c1-4-10-7-17-13(9(2)3)8-20(10)15-11(16)5-6-12-14(15)19-21-18-12/h5-6,9-10,13,17H,4,7-8H2,1-3H3. The van der Waals surface area contributed by atoms with E-state index in [1.54, 1.807) is 0 Å². The fraction of sp³-hybridized carbons (Fsp3) is 0.600. The smallest absolute Gasteiger partial charge is 0.129 e. The van der Waals surface area contributed by atoms with Gasteiger partial charge in [0.1, 0.15) is 11.0 Å². The molecule has 2 heterocycles. The SMILES string of the molecule is CCC1CNC(C(C)C)CN1c1c(Cl)ccc2nsnc12. The third-order valence-electron chi connectivity index (χ3n) is 4.36. The summed E-state index contributed by atoms with van der Waals surface area (Å²) in [6.45, 7) is 8.70. The van der Waals surface area contributed by atoms with Crippen molar-refractivity contribution in [2.45, 2.75) is 39.3 Å². The van der Waals surface area contributed by atoms with Crippen LogP contribution in [0.1, 0.15) is 27.2 Å². The zero-order chi connectivity index (χ0) is 15.0. The van der Waals surface area contributed by atoms with Gasteiger partial charge in [-0.1, -0.05) is 32.4 Å². The molecule has 0 aliphatic carbocycles. The first-order valence-corrected chi connectivity index (χ1v) is 8.63. The van der Waals surface area contributed by atoms with Gasteiger partial charge in [-0.15, -0.1) is 0 Å². The van der Waals surface area contributed by atoms with Gasteiger partial charge in [0.05, 0.1) is 22.4 Å². The summed E-state index contributed by atoms with van der Waals surface area (Å²) in [7, 11) is 0. The fourth-order valence-electron chi connectivity index (χ4n) is 2.99. The van der Waals surface area contributed by atoms with Crippen LogP contribution in [0.4, 0.5) is 5.69 Å². The van der Waals surface area contributed by atoms with Crippen LogP contribution in [0.15, 0.2) is 12.1 Å². The highest BCUT2D eigenvalue weighted by molar-refractivity contribution is 7.00. The van der Waals surface area contributed by atoms with Gasteiger partial charge in [0, 0.05) is 25.2 Å². The Labute approximate surface area is 134 Å². The molecule has 4 nitrogen and oxygen atoms in total. The van der Waals surface area contributed by atoms with Crippen LogP contribution in [0.2, 0.25) is 5.02 Å². The zero-order valence-electron chi connectivity index (χ0n) is 12.6.